The van der Waals surface area contributed by atoms with E-state index in [-0.39, 0.29) is 0 Å². The first kappa shape index (κ1) is 15.2. The SMILES string of the molecule is CC1=[C]([Zr](=[C](C)C)[CH]2c3ccccc3-c3ccccc32)CC=C1. The molecule has 0 saturated carbocycles. The van der Waals surface area contributed by atoms with Gasteiger partial charge in [-0.3, -0.25) is 0 Å². The van der Waals surface area contributed by atoms with Crippen LogP contribution in [0.5, 0.6) is 0 Å². The molecule has 23 heavy (non-hydrogen) atoms. The Balaban J connectivity index is 1.98. The standard InChI is InChI=1S/C13H9.C6H7.C3H6.Zr/c1-3-7-12-10(5-1)9-11-6-2-4-8-13(11)12;1-6-4-2-3-5-6;1-3-2;/h1-9H;2,4H,3H2,1H3;1-2H3;. The van der Waals surface area contributed by atoms with Crippen molar-refractivity contribution >= 4 is 3.21 Å². The van der Waals surface area contributed by atoms with E-state index in [1.165, 1.54) is 17.5 Å². The van der Waals surface area contributed by atoms with E-state index >= 15 is 0 Å². The van der Waals surface area contributed by atoms with Gasteiger partial charge < -0.3 is 0 Å². The average Bonchev–Trinajstić information content (AvgIpc) is 3.11. The van der Waals surface area contributed by atoms with Gasteiger partial charge >= 0.3 is 147 Å². The van der Waals surface area contributed by atoms with E-state index in [0.717, 1.165) is 0 Å². The predicted octanol–water partition coefficient (Wildman–Crippen LogP) is 5.82. The maximum absolute atomic E-state index is 2.39. The fraction of sp³-hybridized carbons (Fsp3) is 0.227. The Labute approximate surface area is 146 Å². The minimum atomic E-state index is -1.92. The molecular weight excluding hydrogens is 355 g/mol. The summed E-state index contributed by atoms with van der Waals surface area (Å²) >= 11 is -1.92. The van der Waals surface area contributed by atoms with Crippen molar-refractivity contribution in [3.8, 4) is 11.1 Å². The molecule has 0 amide bonds. The quantitative estimate of drug-likeness (QED) is 0.618. The van der Waals surface area contributed by atoms with E-state index in [9.17, 15) is 0 Å². The van der Waals surface area contributed by atoms with E-state index in [1.807, 2.05) is 0 Å². The summed E-state index contributed by atoms with van der Waals surface area (Å²) < 4.78 is 4.16. The van der Waals surface area contributed by atoms with Crippen LogP contribution in [0.3, 0.4) is 0 Å². The summed E-state index contributed by atoms with van der Waals surface area (Å²) in [6, 6.07) is 18.2. The number of fused-ring (bicyclic) bond motifs is 3. The Bertz CT molecular complexity index is 831. The Morgan fingerprint density at radius 3 is 1.96 bits per heavy atom. The third kappa shape index (κ3) is 2.41. The molecular formula is C22H22Zr. The predicted molar refractivity (Wildman–Crippen MR) is 96.5 cm³/mol. The second-order valence-corrected chi connectivity index (χ2v) is 14.2. The first-order valence-electron chi connectivity index (χ1n) is 8.40. The molecule has 0 radical (unpaired) electrons. The second-order valence-electron chi connectivity index (χ2n) is 6.79. The molecule has 0 spiro atoms. The Morgan fingerprint density at radius 2 is 1.48 bits per heavy atom. The van der Waals surface area contributed by atoms with Crippen LogP contribution in [0.25, 0.3) is 11.1 Å². The van der Waals surface area contributed by atoms with Crippen molar-refractivity contribution in [2.45, 2.75) is 30.8 Å². The Morgan fingerprint density at radius 1 is 0.913 bits per heavy atom. The normalized spacial score (nSPS) is 15.8. The van der Waals surface area contributed by atoms with Crippen molar-refractivity contribution in [3.05, 3.63) is 80.7 Å². The molecule has 0 nitrogen and oxygen atoms in total. The third-order valence-corrected chi connectivity index (χ3v) is 13.8. The zero-order valence-electron chi connectivity index (χ0n) is 14.1. The first-order valence-corrected chi connectivity index (χ1v) is 12.3. The van der Waals surface area contributed by atoms with Crippen LogP contribution in [0, 0.1) is 0 Å². The van der Waals surface area contributed by atoms with Gasteiger partial charge in [-0.2, -0.15) is 0 Å². The zero-order chi connectivity index (χ0) is 16.0. The summed E-state index contributed by atoms with van der Waals surface area (Å²) in [5.74, 6) is 0. The molecule has 114 valence electrons. The third-order valence-electron chi connectivity index (χ3n) is 5.15. The molecule has 0 N–H and O–H groups in total. The van der Waals surface area contributed by atoms with Crippen LogP contribution >= 0.6 is 0 Å². The van der Waals surface area contributed by atoms with Gasteiger partial charge in [-0.05, 0) is 0 Å². The molecule has 0 heterocycles. The molecule has 0 unspecified atom stereocenters. The van der Waals surface area contributed by atoms with Crippen molar-refractivity contribution in [1.29, 1.82) is 0 Å². The van der Waals surface area contributed by atoms with Crippen molar-refractivity contribution in [1.82, 2.24) is 0 Å². The number of hydrogen-bond acceptors (Lipinski definition) is 0. The fourth-order valence-electron chi connectivity index (χ4n) is 4.17. The number of rotatable bonds is 2. The van der Waals surface area contributed by atoms with Gasteiger partial charge in [0.1, 0.15) is 0 Å². The summed E-state index contributed by atoms with van der Waals surface area (Å²) in [7, 11) is 0. The molecule has 2 aromatic carbocycles. The van der Waals surface area contributed by atoms with Crippen LogP contribution in [-0.2, 0) is 21.3 Å². The molecule has 0 atom stereocenters. The van der Waals surface area contributed by atoms with Crippen molar-refractivity contribution < 1.29 is 21.3 Å². The molecule has 2 aliphatic carbocycles. The molecule has 1 heteroatoms. The number of allylic oxidation sites excluding steroid dienone is 4. The van der Waals surface area contributed by atoms with Crippen LogP contribution < -0.4 is 0 Å². The summed E-state index contributed by atoms with van der Waals surface area (Å²) in [5.41, 5.74) is 7.64. The van der Waals surface area contributed by atoms with E-state index in [1.54, 1.807) is 23.2 Å². The molecule has 2 aromatic rings. The van der Waals surface area contributed by atoms with Gasteiger partial charge in [-0.15, -0.1) is 0 Å². The molecule has 0 bridgehead atoms. The number of benzene rings is 2. The molecule has 0 aliphatic heterocycles. The monoisotopic (exact) mass is 376 g/mol. The second kappa shape index (κ2) is 5.95. The summed E-state index contributed by atoms with van der Waals surface area (Å²) in [6.45, 7) is 7.09. The maximum atomic E-state index is 2.39. The van der Waals surface area contributed by atoms with E-state index < -0.39 is 21.3 Å². The van der Waals surface area contributed by atoms with Crippen molar-refractivity contribution in [2.24, 2.45) is 0 Å². The van der Waals surface area contributed by atoms with Gasteiger partial charge in [0.2, 0.25) is 0 Å². The van der Waals surface area contributed by atoms with Gasteiger partial charge in [-0.25, -0.2) is 0 Å². The average molecular weight is 378 g/mol. The summed E-state index contributed by atoms with van der Waals surface area (Å²) in [5, 5.41) is 0. The molecule has 0 aromatic heterocycles. The molecule has 0 fully saturated rings. The van der Waals surface area contributed by atoms with Crippen molar-refractivity contribution in [2.75, 3.05) is 0 Å². The molecule has 0 saturated heterocycles. The van der Waals surface area contributed by atoms with Crippen LogP contribution in [0.2, 0.25) is 0 Å². The van der Waals surface area contributed by atoms with Gasteiger partial charge in [-0.1, -0.05) is 0 Å². The van der Waals surface area contributed by atoms with Gasteiger partial charge in [0.15, 0.2) is 0 Å². The van der Waals surface area contributed by atoms with E-state index in [2.05, 4.69) is 81.5 Å². The van der Waals surface area contributed by atoms with E-state index in [4.69, 9.17) is 0 Å². The molecule has 4 rings (SSSR count). The van der Waals surface area contributed by atoms with Crippen LogP contribution in [0.4, 0.5) is 0 Å². The van der Waals surface area contributed by atoms with Crippen molar-refractivity contribution in [3.63, 3.8) is 0 Å². The Hall–Kier alpha value is -1.33. The fourth-order valence-corrected chi connectivity index (χ4v) is 12.8. The van der Waals surface area contributed by atoms with Gasteiger partial charge in [0.05, 0.1) is 0 Å². The Kier molecular flexibility index (Phi) is 3.94. The minimum absolute atomic E-state index is 0.652. The van der Waals surface area contributed by atoms with E-state index in [0.29, 0.717) is 3.63 Å². The zero-order valence-corrected chi connectivity index (χ0v) is 16.5. The van der Waals surface area contributed by atoms with Crippen LogP contribution in [0.1, 0.15) is 41.9 Å². The van der Waals surface area contributed by atoms with Crippen LogP contribution in [-0.4, -0.2) is 3.21 Å². The van der Waals surface area contributed by atoms with Crippen LogP contribution in [0.15, 0.2) is 69.5 Å². The summed E-state index contributed by atoms with van der Waals surface area (Å²) in [6.07, 6.45) is 5.89. The van der Waals surface area contributed by atoms with Gasteiger partial charge in [0.25, 0.3) is 0 Å². The molecule has 2 aliphatic rings. The van der Waals surface area contributed by atoms with Gasteiger partial charge in [0, 0.05) is 0 Å². The number of hydrogen-bond donors (Lipinski definition) is 0. The summed E-state index contributed by atoms with van der Waals surface area (Å²) in [4.78, 5) is 0. The topological polar surface area (TPSA) is 0 Å². The first-order chi connectivity index (χ1) is 11.2.